The Balaban J connectivity index is 2.24. The van der Waals surface area contributed by atoms with Gasteiger partial charge in [-0.25, -0.2) is 4.39 Å². The Kier molecular flexibility index (Phi) is 4.22. The molecule has 2 nitrogen and oxygen atoms in total. The number of hydrogen-bond donors (Lipinski definition) is 1. The third-order valence-electron chi connectivity index (χ3n) is 2.70. The zero-order valence-electron chi connectivity index (χ0n) is 9.82. The van der Waals surface area contributed by atoms with Crippen LogP contribution in [0.4, 0.5) is 4.39 Å². The summed E-state index contributed by atoms with van der Waals surface area (Å²) in [6.07, 6.45) is 0.350. The van der Waals surface area contributed by atoms with Crippen molar-refractivity contribution in [1.29, 1.82) is 0 Å². The molecule has 0 spiro atoms. The summed E-state index contributed by atoms with van der Waals surface area (Å²) >= 11 is 7.48. The second-order valence-electron chi connectivity index (χ2n) is 3.86. The Morgan fingerprint density at radius 1 is 1.44 bits per heavy atom. The molecule has 0 saturated heterocycles. The number of benzene rings is 1. The van der Waals surface area contributed by atoms with E-state index in [2.05, 4.69) is 0 Å². The van der Waals surface area contributed by atoms with Crippen molar-refractivity contribution in [2.24, 2.45) is 5.73 Å². The fraction of sp³-hybridized carbons (Fsp3) is 0.231. The molecular formula is C13H13ClFNOS. The molecule has 1 aromatic heterocycles. The Morgan fingerprint density at radius 3 is 2.89 bits per heavy atom. The van der Waals surface area contributed by atoms with Gasteiger partial charge in [0.15, 0.2) is 0 Å². The molecule has 0 radical (unpaired) electrons. The van der Waals surface area contributed by atoms with Gasteiger partial charge in [0.25, 0.3) is 0 Å². The highest BCUT2D eigenvalue weighted by molar-refractivity contribution is 7.10. The van der Waals surface area contributed by atoms with E-state index in [1.807, 2.05) is 11.4 Å². The van der Waals surface area contributed by atoms with Crippen LogP contribution in [-0.4, -0.2) is 7.11 Å². The number of ether oxygens (including phenoxy) is 1. The van der Waals surface area contributed by atoms with Crippen molar-refractivity contribution in [2.75, 3.05) is 7.11 Å². The second-order valence-corrected chi connectivity index (χ2v) is 5.22. The summed E-state index contributed by atoms with van der Waals surface area (Å²) in [5.41, 5.74) is 6.54. The summed E-state index contributed by atoms with van der Waals surface area (Å²) < 4.78 is 18.9. The average molecular weight is 286 g/mol. The topological polar surface area (TPSA) is 35.2 Å². The van der Waals surface area contributed by atoms with Crippen molar-refractivity contribution in [3.63, 3.8) is 0 Å². The second kappa shape index (κ2) is 5.69. The lowest BCUT2D eigenvalue weighted by molar-refractivity contribution is 0.408. The molecule has 1 atom stereocenters. The van der Waals surface area contributed by atoms with Gasteiger partial charge in [-0.05, 0) is 30.0 Å². The van der Waals surface area contributed by atoms with Crippen LogP contribution in [-0.2, 0) is 6.42 Å². The van der Waals surface area contributed by atoms with Gasteiger partial charge in [0.1, 0.15) is 11.6 Å². The number of hydrogen-bond acceptors (Lipinski definition) is 3. The monoisotopic (exact) mass is 285 g/mol. The van der Waals surface area contributed by atoms with Gasteiger partial charge in [-0.2, -0.15) is 0 Å². The van der Waals surface area contributed by atoms with E-state index in [0.717, 1.165) is 10.6 Å². The molecule has 0 saturated carbocycles. The molecule has 0 aliphatic rings. The molecule has 0 bridgehead atoms. The molecule has 0 fully saturated rings. The van der Waals surface area contributed by atoms with Crippen LogP contribution in [0.1, 0.15) is 16.5 Å². The van der Waals surface area contributed by atoms with Gasteiger partial charge in [0.2, 0.25) is 0 Å². The van der Waals surface area contributed by atoms with E-state index in [0.29, 0.717) is 17.0 Å². The van der Waals surface area contributed by atoms with Crippen molar-refractivity contribution >= 4 is 22.9 Å². The van der Waals surface area contributed by atoms with Crippen LogP contribution in [0.15, 0.2) is 29.6 Å². The molecule has 18 heavy (non-hydrogen) atoms. The number of halogens is 2. The van der Waals surface area contributed by atoms with Crippen LogP contribution in [0, 0.1) is 5.82 Å². The highest BCUT2D eigenvalue weighted by Gasteiger charge is 2.17. The minimum atomic E-state index is -0.325. The summed E-state index contributed by atoms with van der Waals surface area (Å²) in [6.45, 7) is 0. The van der Waals surface area contributed by atoms with E-state index >= 15 is 0 Å². The molecule has 1 aromatic carbocycles. The summed E-state index contributed by atoms with van der Waals surface area (Å²) in [5, 5.41) is 2.30. The minimum Gasteiger partial charge on any atom is -0.496 e. The van der Waals surface area contributed by atoms with Crippen molar-refractivity contribution < 1.29 is 9.13 Å². The number of methoxy groups -OCH3 is 1. The van der Waals surface area contributed by atoms with Crippen LogP contribution >= 0.6 is 22.9 Å². The molecule has 96 valence electrons. The first-order valence-corrected chi connectivity index (χ1v) is 6.69. The van der Waals surface area contributed by atoms with Crippen molar-refractivity contribution in [3.05, 3.63) is 50.9 Å². The maximum Gasteiger partial charge on any atom is 0.134 e. The first-order chi connectivity index (χ1) is 8.63. The van der Waals surface area contributed by atoms with E-state index in [9.17, 15) is 4.39 Å². The van der Waals surface area contributed by atoms with Crippen molar-refractivity contribution in [3.8, 4) is 5.75 Å². The largest absolute Gasteiger partial charge is 0.496 e. The zero-order valence-corrected chi connectivity index (χ0v) is 11.4. The van der Waals surface area contributed by atoms with Crippen LogP contribution in [0.3, 0.4) is 0 Å². The Bertz CT molecular complexity index is 523. The van der Waals surface area contributed by atoms with E-state index in [1.165, 1.54) is 17.4 Å². The lowest BCUT2D eigenvalue weighted by Crippen LogP contribution is -2.14. The highest BCUT2D eigenvalue weighted by Crippen LogP contribution is 2.33. The third kappa shape index (κ3) is 2.66. The molecule has 2 N–H and O–H groups in total. The van der Waals surface area contributed by atoms with Gasteiger partial charge in [-0.1, -0.05) is 17.7 Å². The van der Waals surface area contributed by atoms with Gasteiger partial charge < -0.3 is 10.5 Å². The molecular weight excluding hydrogens is 273 g/mol. The molecule has 5 heteroatoms. The number of thiophene rings is 1. The molecule has 1 unspecified atom stereocenters. The first kappa shape index (κ1) is 13.3. The van der Waals surface area contributed by atoms with Gasteiger partial charge in [-0.15, -0.1) is 11.3 Å². The maximum absolute atomic E-state index is 13.7. The predicted molar refractivity (Wildman–Crippen MR) is 72.9 cm³/mol. The fourth-order valence-corrected chi connectivity index (χ4v) is 2.89. The highest BCUT2D eigenvalue weighted by atomic mass is 35.5. The minimum absolute atomic E-state index is 0.325. The smallest absolute Gasteiger partial charge is 0.134 e. The van der Waals surface area contributed by atoms with E-state index in [-0.39, 0.29) is 11.9 Å². The van der Waals surface area contributed by atoms with E-state index in [4.69, 9.17) is 22.1 Å². The first-order valence-electron chi connectivity index (χ1n) is 5.43. The van der Waals surface area contributed by atoms with Crippen LogP contribution in [0.25, 0.3) is 0 Å². The quantitative estimate of drug-likeness (QED) is 0.927. The summed E-state index contributed by atoms with van der Waals surface area (Å²) in [4.78, 5) is 0.900. The van der Waals surface area contributed by atoms with Crippen LogP contribution < -0.4 is 10.5 Å². The fourth-order valence-electron chi connectivity index (χ4n) is 1.79. The zero-order chi connectivity index (χ0) is 13.1. The van der Waals surface area contributed by atoms with Crippen molar-refractivity contribution in [2.45, 2.75) is 12.5 Å². The van der Waals surface area contributed by atoms with E-state index < -0.39 is 0 Å². The predicted octanol–water partition coefficient (Wildman–Crippen LogP) is 3.79. The Morgan fingerprint density at radius 2 is 2.22 bits per heavy atom. The molecule has 2 aromatic rings. The molecule has 1 heterocycles. The van der Waals surface area contributed by atoms with E-state index in [1.54, 1.807) is 19.2 Å². The van der Waals surface area contributed by atoms with Crippen molar-refractivity contribution in [1.82, 2.24) is 0 Å². The van der Waals surface area contributed by atoms with Crippen LogP contribution in [0.2, 0.25) is 5.02 Å². The normalized spacial score (nSPS) is 12.4. The van der Waals surface area contributed by atoms with Crippen LogP contribution in [0.5, 0.6) is 5.75 Å². The van der Waals surface area contributed by atoms with Gasteiger partial charge in [-0.3, -0.25) is 0 Å². The van der Waals surface area contributed by atoms with Gasteiger partial charge >= 0.3 is 0 Å². The summed E-state index contributed by atoms with van der Waals surface area (Å²) in [6, 6.07) is 6.16. The Labute approximate surface area is 114 Å². The number of rotatable bonds is 4. The molecule has 0 amide bonds. The van der Waals surface area contributed by atoms with Gasteiger partial charge in [0, 0.05) is 16.6 Å². The maximum atomic E-state index is 13.7. The number of nitrogens with two attached hydrogens (primary N) is 1. The Hall–Kier alpha value is -1.10. The SMILES string of the molecule is COc1ccsc1C(N)Cc1c(F)cccc1Cl. The summed E-state index contributed by atoms with van der Waals surface area (Å²) in [7, 11) is 1.59. The summed E-state index contributed by atoms with van der Waals surface area (Å²) in [5.74, 6) is 0.411. The lowest BCUT2D eigenvalue weighted by atomic mass is 10.0. The third-order valence-corrected chi connectivity index (χ3v) is 4.08. The molecule has 0 aliphatic heterocycles. The standard InChI is InChI=1S/C13H13ClFNOS/c1-17-12-5-6-18-13(12)11(16)7-8-9(14)3-2-4-10(8)15/h2-6,11H,7,16H2,1H3. The molecule has 0 aliphatic carbocycles. The average Bonchev–Trinajstić information content (AvgIpc) is 2.82. The molecule has 2 rings (SSSR count). The lowest BCUT2D eigenvalue weighted by Gasteiger charge is -2.13. The van der Waals surface area contributed by atoms with Gasteiger partial charge in [0.05, 0.1) is 12.0 Å².